The van der Waals surface area contributed by atoms with Crippen LogP contribution in [0.25, 0.3) is 0 Å². The average molecular weight is 340 g/mol. The molecule has 0 saturated heterocycles. The minimum Gasteiger partial charge on any atom is -0.383 e. The number of nitrogens with zero attached hydrogens (tertiary/aromatic N) is 2. The number of hydrogen-bond acceptors (Lipinski definition) is 5. The van der Waals surface area contributed by atoms with Crippen LogP contribution in [-0.2, 0) is 32.4 Å². The fraction of sp³-hybridized carbons (Fsp3) is 0.667. The second kappa shape index (κ2) is 8.93. The van der Waals surface area contributed by atoms with E-state index in [2.05, 4.69) is 22.7 Å². The van der Waals surface area contributed by atoms with E-state index in [1.54, 1.807) is 23.6 Å². The number of amides is 2. The Bertz CT molecular complexity index is 559. The van der Waals surface area contributed by atoms with Gasteiger partial charge in [0.25, 0.3) is 0 Å². The van der Waals surface area contributed by atoms with Crippen molar-refractivity contribution in [3.63, 3.8) is 0 Å². The molecule has 0 aliphatic carbocycles. The molecule has 2 heterocycles. The van der Waals surface area contributed by atoms with Crippen molar-refractivity contribution in [1.29, 1.82) is 0 Å². The van der Waals surface area contributed by atoms with Crippen LogP contribution in [0, 0.1) is 0 Å². The van der Waals surface area contributed by atoms with Crippen LogP contribution in [0.1, 0.15) is 37.4 Å². The van der Waals surface area contributed by atoms with E-state index in [4.69, 9.17) is 4.74 Å². The zero-order valence-electron chi connectivity index (χ0n) is 13.7. The van der Waals surface area contributed by atoms with E-state index in [-0.39, 0.29) is 18.4 Å². The number of ether oxygens (including phenoxy) is 1. The number of unbranched alkanes of at least 4 members (excludes halogenated alkanes) is 1. The number of thioether (sulfide) groups is 1. The van der Waals surface area contributed by atoms with E-state index in [1.165, 1.54) is 0 Å². The smallest absolute Gasteiger partial charge is 0.241 e. The maximum atomic E-state index is 12.0. The average Bonchev–Trinajstić information content (AvgIpc) is 3.09. The lowest BCUT2D eigenvalue weighted by Crippen LogP contribution is -2.31. The van der Waals surface area contributed by atoms with Crippen LogP contribution in [0.15, 0.2) is 0 Å². The third kappa shape index (κ3) is 4.97. The first kappa shape index (κ1) is 17.8. The van der Waals surface area contributed by atoms with Gasteiger partial charge in [-0.1, -0.05) is 13.3 Å². The predicted molar refractivity (Wildman–Crippen MR) is 90.3 cm³/mol. The fourth-order valence-electron chi connectivity index (χ4n) is 2.34. The van der Waals surface area contributed by atoms with E-state index in [1.807, 2.05) is 0 Å². The van der Waals surface area contributed by atoms with Crippen molar-refractivity contribution in [2.24, 2.45) is 0 Å². The van der Waals surface area contributed by atoms with Crippen LogP contribution in [0.4, 0.5) is 5.82 Å². The summed E-state index contributed by atoms with van der Waals surface area (Å²) in [5.74, 6) is 2.16. The molecule has 1 aromatic rings. The maximum Gasteiger partial charge on any atom is 0.241 e. The number of rotatable bonds is 9. The van der Waals surface area contributed by atoms with E-state index in [9.17, 15) is 9.59 Å². The monoisotopic (exact) mass is 340 g/mol. The molecule has 2 rings (SSSR count). The number of methoxy groups -OCH3 is 1. The molecule has 0 atom stereocenters. The number of nitrogens with one attached hydrogen (secondary N) is 2. The summed E-state index contributed by atoms with van der Waals surface area (Å²) in [6.45, 7) is 3.09. The number of aromatic nitrogens is 2. The second-order valence-electron chi connectivity index (χ2n) is 5.42. The Labute approximate surface area is 140 Å². The van der Waals surface area contributed by atoms with Gasteiger partial charge in [-0.15, -0.1) is 0 Å². The Morgan fingerprint density at radius 1 is 1.35 bits per heavy atom. The van der Waals surface area contributed by atoms with Crippen LogP contribution in [-0.4, -0.2) is 41.9 Å². The summed E-state index contributed by atoms with van der Waals surface area (Å²) in [6, 6.07) is 0. The van der Waals surface area contributed by atoms with E-state index < -0.39 is 0 Å². The van der Waals surface area contributed by atoms with E-state index in [0.717, 1.165) is 35.6 Å². The summed E-state index contributed by atoms with van der Waals surface area (Å²) < 4.78 is 6.52. The molecule has 0 radical (unpaired) electrons. The minimum absolute atomic E-state index is 0.0208. The first-order valence-corrected chi connectivity index (χ1v) is 9.03. The zero-order chi connectivity index (χ0) is 16.7. The maximum absolute atomic E-state index is 12.0. The van der Waals surface area contributed by atoms with Crippen LogP contribution >= 0.6 is 11.8 Å². The first-order valence-electron chi connectivity index (χ1n) is 7.87. The van der Waals surface area contributed by atoms with Crippen molar-refractivity contribution in [1.82, 2.24) is 15.1 Å². The highest BCUT2D eigenvalue weighted by Gasteiger charge is 2.24. The Balaban J connectivity index is 2.04. The second-order valence-corrected chi connectivity index (χ2v) is 6.40. The number of hydrogen-bond donors (Lipinski definition) is 2. The quantitative estimate of drug-likeness (QED) is 0.666. The summed E-state index contributed by atoms with van der Waals surface area (Å²) in [5, 5.41) is 10.2. The molecule has 2 amide bonds. The van der Waals surface area contributed by atoms with Crippen molar-refractivity contribution in [2.75, 3.05) is 25.6 Å². The van der Waals surface area contributed by atoms with Crippen molar-refractivity contribution in [2.45, 2.75) is 44.2 Å². The molecular weight excluding hydrogens is 316 g/mol. The van der Waals surface area contributed by atoms with Gasteiger partial charge in [-0.2, -0.15) is 16.9 Å². The van der Waals surface area contributed by atoms with Gasteiger partial charge >= 0.3 is 0 Å². The molecular formula is C15H24N4O3S. The van der Waals surface area contributed by atoms with Gasteiger partial charge < -0.3 is 15.4 Å². The third-order valence-corrected chi connectivity index (χ3v) is 4.53. The number of carbonyl (C=O) groups excluding carboxylic acids is 2. The van der Waals surface area contributed by atoms with Gasteiger partial charge in [0.15, 0.2) is 0 Å². The Hall–Kier alpha value is -1.54. The van der Waals surface area contributed by atoms with Crippen molar-refractivity contribution in [3.8, 4) is 0 Å². The van der Waals surface area contributed by atoms with E-state index >= 15 is 0 Å². The number of carbonyl (C=O) groups is 2. The van der Waals surface area contributed by atoms with Crippen LogP contribution in [0.5, 0.6) is 0 Å². The van der Waals surface area contributed by atoms with Gasteiger partial charge in [-0.3, -0.25) is 9.59 Å². The summed E-state index contributed by atoms with van der Waals surface area (Å²) in [5.41, 5.74) is 2.01. The van der Waals surface area contributed by atoms with Gasteiger partial charge in [0.05, 0.1) is 12.3 Å². The van der Waals surface area contributed by atoms with Gasteiger partial charge in [0, 0.05) is 37.1 Å². The SMILES string of the molecule is CCCCC(=O)Nc1c2c(nn1CC(=O)NCCOC)CSC2. The summed E-state index contributed by atoms with van der Waals surface area (Å²) in [4.78, 5) is 24.0. The highest BCUT2D eigenvalue weighted by Crippen LogP contribution is 2.34. The van der Waals surface area contributed by atoms with Gasteiger partial charge in [-0.25, -0.2) is 4.68 Å². The van der Waals surface area contributed by atoms with Crippen molar-refractivity contribution in [3.05, 3.63) is 11.3 Å². The van der Waals surface area contributed by atoms with Gasteiger partial charge in [0.1, 0.15) is 12.4 Å². The molecule has 0 spiro atoms. The predicted octanol–water partition coefficient (Wildman–Crippen LogP) is 1.52. The molecule has 23 heavy (non-hydrogen) atoms. The highest BCUT2D eigenvalue weighted by molar-refractivity contribution is 7.98. The number of anilines is 1. The molecule has 0 unspecified atom stereocenters. The standard InChI is InChI=1S/C15H24N4O3S/c1-3-4-5-13(20)17-15-11-9-23-10-12(11)18-19(15)8-14(21)16-6-7-22-2/h3-10H2,1-2H3,(H,16,21)(H,17,20). The molecule has 1 aliphatic rings. The summed E-state index contributed by atoms with van der Waals surface area (Å²) >= 11 is 1.77. The fourth-order valence-corrected chi connectivity index (χ4v) is 3.37. The topological polar surface area (TPSA) is 85.2 Å². The molecule has 1 aromatic heterocycles. The Kier molecular flexibility index (Phi) is 6.91. The van der Waals surface area contributed by atoms with Crippen LogP contribution in [0.2, 0.25) is 0 Å². The molecule has 8 heteroatoms. The van der Waals surface area contributed by atoms with Crippen molar-refractivity contribution < 1.29 is 14.3 Å². The lowest BCUT2D eigenvalue weighted by Gasteiger charge is -2.11. The number of fused-ring (bicyclic) bond motifs is 1. The Morgan fingerprint density at radius 2 is 2.17 bits per heavy atom. The molecule has 2 N–H and O–H groups in total. The van der Waals surface area contributed by atoms with Gasteiger partial charge in [-0.05, 0) is 6.42 Å². The molecule has 7 nitrogen and oxygen atoms in total. The minimum atomic E-state index is -0.139. The largest absolute Gasteiger partial charge is 0.383 e. The molecule has 0 fully saturated rings. The van der Waals surface area contributed by atoms with E-state index in [0.29, 0.717) is 25.4 Å². The molecule has 1 aliphatic heterocycles. The first-order chi connectivity index (χ1) is 11.2. The Morgan fingerprint density at radius 3 is 2.91 bits per heavy atom. The summed E-state index contributed by atoms with van der Waals surface area (Å²) in [6.07, 6.45) is 2.32. The third-order valence-electron chi connectivity index (χ3n) is 3.56. The molecule has 0 bridgehead atoms. The van der Waals surface area contributed by atoms with Crippen LogP contribution in [0.3, 0.4) is 0 Å². The van der Waals surface area contributed by atoms with Crippen LogP contribution < -0.4 is 10.6 Å². The zero-order valence-corrected chi connectivity index (χ0v) is 14.5. The molecule has 128 valence electrons. The van der Waals surface area contributed by atoms with Gasteiger partial charge in [0.2, 0.25) is 11.8 Å². The van der Waals surface area contributed by atoms with Crippen molar-refractivity contribution >= 4 is 29.4 Å². The molecule has 0 saturated carbocycles. The lowest BCUT2D eigenvalue weighted by molar-refractivity contribution is -0.122. The highest BCUT2D eigenvalue weighted by atomic mass is 32.2. The summed E-state index contributed by atoms with van der Waals surface area (Å²) in [7, 11) is 1.59. The lowest BCUT2D eigenvalue weighted by atomic mass is 10.2. The molecule has 0 aromatic carbocycles. The normalized spacial score (nSPS) is 13.0.